The Bertz CT molecular complexity index is 578. The molecule has 0 bridgehead atoms. The van der Waals surface area contributed by atoms with Crippen molar-refractivity contribution in [1.29, 1.82) is 0 Å². The topological polar surface area (TPSA) is 38.1 Å². The lowest BCUT2D eigenvalue weighted by Gasteiger charge is -2.27. The van der Waals surface area contributed by atoms with Crippen molar-refractivity contribution in [2.45, 2.75) is 73.8 Å². The van der Waals surface area contributed by atoms with E-state index in [0.29, 0.717) is 5.82 Å². The van der Waals surface area contributed by atoms with Crippen LogP contribution in [-0.4, -0.2) is 16.1 Å². The summed E-state index contributed by atoms with van der Waals surface area (Å²) in [6.45, 7) is 15.4. The third-order valence-corrected chi connectivity index (χ3v) is 4.20. The monoisotopic (exact) mass is 305 g/mol. The molecule has 124 valence electrons. The number of anilines is 1. The summed E-state index contributed by atoms with van der Waals surface area (Å²) in [4.78, 5) is 19.6. The molecule has 0 aliphatic rings. The minimum Gasteiger partial charge on any atom is -0.326 e. The van der Waals surface area contributed by atoms with Gasteiger partial charge in [0.25, 0.3) is 5.56 Å². The molecule has 0 aliphatic carbocycles. The summed E-state index contributed by atoms with van der Waals surface area (Å²) >= 11 is 0. The maximum absolute atomic E-state index is 13.0. The Kier molecular flexibility index (Phi) is 6.85. The fraction of sp³-hybridized carbons (Fsp3) is 0.667. The Morgan fingerprint density at radius 2 is 1.82 bits per heavy atom. The molecule has 0 spiro atoms. The molecule has 0 aliphatic heterocycles. The maximum atomic E-state index is 13.0. The molecular weight excluding hydrogens is 274 g/mol. The fourth-order valence-corrected chi connectivity index (χ4v) is 2.67. The third-order valence-electron chi connectivity index (χ3n) is 4.20. The first kappa shape index (κ1) is 18.5. The molecule has 0 radical (unpaired) electrons. The van der Waals surface area contributed by atoms with E-state index in [2.05, 4.69) is 51.4 Å². The van der Waals surface area contributed by atoms with Gasteiger partial charge in [-0.15, -0.1) is 0 Å². The van der Waals surface area contributed by atoms with Crippen molar-refractivity contribution in [3.8, 4) is 0 Å². The first-order valence-corrected chi connectivity index (χ1v) is 8.38. The Labute approximate surface area is 134 Å². The molecule has 4 nitrogen and oxygen atoms in total. The lowest BCUT2D eigenvalue weighted by Crippen LogP contribution is -2.35. The molecule has 0 fully saturated rings. The molecule has 0 N–H and O–H groups in total. The summed E-state index contributed by atoms with van der Waals surface area (Å²) in [6, 6.07) is 0.239. The van der Waals surface area contributed by atoms with Crippen LogP contribution >= 0.6 is 0 Å². The summed E-state index contributed by atoms with van der Waals surface area (Å²) in [5.74, 6) is 0.562. The molecule has 1 heterocycles. The van der Waals surface area contributed by atoms with Gasteiger partial charge in [-0.05, 0) is 47.0 Å². The highest BCUT2D eigenvalue weighted by Crippen LogP contribution is 2.19. The summed E-state index contributed by atoms with van der Waals surface area (Å²) < 4.78 is 1.87. The second kappa shape index (κ2) is 8.16. The summed E-state index contributed by atoms with van der Waals surface area (Å²) in [5, 5.41) is 0. The van der Waals surface area contributed by atoms with Crippen LogP contribution < -0.4 is 10.5 Å². The van der Waals surface area contributed by atoms with Crippen LogP contribution in [0, 0.1) is 6.92 Å². The Hall–Kier alpha value is -1.58. The van der Waals surface area contributed by atoms with E-state index in [-0.39, 0.29) is 11.6 Å². The van der Waals surface area contributed by atoms with Gasteiger partial charge in [0.1, 0.15) is 0 Å². The number of nitrogens with zero attached hydrogens (tertiary/aromatic N) is 3. The van der Waals surface area contributed by atoms with Crippen LogP contribution in [0.3, 0.4) is 0 Å². The van der Waals surface area contributed by atoms with Gasteiger partial charge in [0, 0.05) is 24.5 Å². The predicted octanol–water partition coefficient (Wildman–Crippen LogP) is 4.44. The molecular formula is C18H31N3O. The van der Waals surface area contributed by atoms with Crippen molar-refractivity contribution in [2.75, 3.05) is 11.4 Å². The van der Waals surface area contributed by atoms with E-state index in [9.17, 15) is 4.79 Å². The highest BCUT2D eigenvalue weighted by atomic mass is 16.1. The van der Waals surface area contributed by atoms with Gasteiger partial charge < -0.3 is 9.47 Å². The molecule has 1 rings (SSSR count). The zero-order valence-corrected chi connectivity index (χ0v) is 15.2. The van der Waals surface area contributed by atoms with Crippen molar-refractivity contribution in [3.05, 3.63) is 33.5 Å². The first-order valence-electron chi connectivity index (χ1n) is 8.38. The van der Waals surface area contributed by atoms with Gasteiger partial charge in [0.2, 0.25) is 0 Å². The van der Waals surface area contributed by atoms with Gasteiger partial charge in [-0.25, -0.2) is 4.98 Å². The summed E-state index contributed by atoms with van der Waals surface area (Å²) in [5.41, 5.74) is 3.25. The highest BCUT2D eigenvalue weighted by Gasteiger charge is 2.19. The molecule has 0 amide bonds. The highest BCUT2D eigenvalue weighted by molar-refractivity contribution is 5.45. The van der Waals surface area contributed by atoms with Crippen LogP contribution in [0.15, 0.2) is 22.3 Å². The second-order valence-corrected chi connectivity index (χ2v) is 6.13. The van der Waals surface area contributed by atoms with Crippen LogP contribution in [0.25, 0.3) is 0 Å². The third kappa shape index (κ3) is 3.99. The molecule has 22 heavy (non-hydrogen) atoms. The van der Waals surface area contributed by atoms with Crippen LogP contribution in [0.4, 0.5) is 5.82 Å². The molecule has 0 unspecified atom stereocenters. The van der Waals surface area contributed by atoms with Gasteiger partial charge in [0.05, 0.1) is 5.69 Å². The van der Waals surface area contributed by atoms with Gasteiger partial charge in [-0.2, -0.15) is 0 Å². The van der Waals surface area contributed by atoms with E-state index in [4.69, 9.17) is 0 Å². The number of rotatable bonds is 7. The maximum Gasteiger partial charge on any atom is 0.294 e. The average molecular weight is 305 g/mol. The van der Waals surface area contributed by atoms with Crippen molar-refractivity contribution in [2.24, 2.45) is 0 Å². The van der Waals surface area contributed by atoms with Crippen LogP contribution in [0.5, 0.6) is 0 Å². The molecule has 0 aromatic carbocycles. The van der Waals surface area contributed by atoms with Gasteiger partial charge >= 0.3 is 0 Å². The lowest BCUT2D eigenvalue weighted by molar-refractivity contribution is 0.454. The second-order valence-electron chi connectivity index (χ2n) is 6.13. The van der Waals surface area contributed by atoms with Gasteiger partial charge in [0.15, 0.2) is 5.82 Å². The Morgan fingerprint density at radius 3 is 2.27 bits per heavy atom. The molecule has 0 saturated carbocycles. The van der Waals surface area contributed by atoms with Crippen LogP contribution in [0.2, 0.25) is 0 Å². The summed E-state index contributed by atoms with van der Waals surface area (Å²) in [6.07, 6.45) is 4.78. The quantitative estimate of drug-likeness (QED) is 0.747. The Morgan fingerprint density at radius 1 is 1.23 bits per heavy atom. The van der Waals surface area contributed by atoms with E-state index < -0.39 is 0 Å². The average Bonchev–Trinajstić information content (AvgIpc) is 2.48. The zero-order chi connectivity index (χ0) is 16.9. The number of aryl methyl sites for hydroxylation is 1. The lowest BCUT2D eigenvalue weighted by atomic mass is 10.1. The molecule has 0 atom stereocenters. The van der Waals surface area contributed by atoms with E-state index in [1.54, 1.807) is 0 Å². The summed E-state index contributed by atoms with van der Waals surface area (Å²) in [7, 11) is 0. The molecule has 0 saturated heterocycles. The number of allylic oxidation sites excluding steroid dienone is 2. The van der Waals surface area contributed by atoms with Gasteiger partial charge in [-0.3, -0.25) is 4.79 Å². The standard InChI is InChI=1S/C18H31N3O/c1-8-11-20(15(7)13(4)5)17-18(22)21(12-14(6)19-17)16(9-2)10-3/h12,16H,8-11H2,1-7H3. The zero-order valence-electron chi connectivity index (χ0n) is 15.2. The molecule has 1 aromatic rings. The number of hydrogen-bond acceptors (Lipinski definition) is 3. The number of hydrogen-bond donors (Lipinski definition) is 0. The Balaban J connectivity index is 3.51. The van der Waals surface area contributed by atoms with Crippen molar-refractivity contribution >= 4 is 5.82 Å². The van der Waals surface area contributed by atoms with Crippen molar-refractivity contribution < 1.29 is 0 Å². The van der Waals surface area contributed by atoms with Crippen molar-refractivity contribution in [3.63, 3.8) is 0 Å². The minimum atomic E-state index is 0.0216. The largest absolute Gasteiger partial charge is 0.326 e. The first-order chi connectivity index (χ1) is 10.4. The van der Waals surface area contributed by atoms with Gasteiger partial charge in [-0.1, -0.05) is 26.3 Å². The smallest absolute Gasteiger partial charge is 0.294 e. The molecule has 4 heteroatoms. The SMILES string of the molecule is CCCN(C(C)=C(C)C)c1nc(C)cn(C(CC)CC)c1=O. The normalized spacial score (nSPS) is 10.9. The van der Waals surface area contributed by atoms with Crippen LogP contribution in [-0.2, 0) is 0 Å². The van der Waals surface area contributed by atoms with E-state index >= 15 is 0 Å². The van der Waals surface area contributed by atoms with Crippen molar-refractivity contribution in [1.82, 2.24) is 9.55 Å². The van der Waals surface area contributed by atoms with E-state index in [1.807, 2.05) is 17.7 Å². The van der Waals surface area contributed by atoms with E-state index in [1.165, 1.54) is 5.57 Å². The molecule has 1 aromatic heterocycles. The number of aromatic nitrogens is 2. The minimum absolute atomic E-state index is 0.0216. The van der Waals surface area contributed by atoms with E-state index in [0.717, 1.165) is 37.2 Å². The van der Waals surface area contributed by atoms with Crippen LogP contribution in [0.1, 0.15) is 72.5 Å². The fourth-order valence-electron chi connectivity index (χ4n) is 2.67. The predicted molar refractivity (Wildman–Crippen MR) is 94.5 cm³/mol.